The third kappa shape index (κ3) is 2.80. The van der Waals surface area contributed by atoms with Crippen LogP contribution in [0.25, 0.3) is 5.69 Å². The van der Waals surface area contributed by atoms with Gasteiger partial charge in [-0.3, -0.25) is 4.21 Å². The molecule has 0 saturated heterocycles. The number of alkyl halides is 3. The van der Waals surface area contributed by atoms with Gasteiger partial charge in [0, 0.05) is 6.26 Å². The van der Waals surface area contributed by atoms with Gasteiger partial charge in [0.25, 0.3) is 0 Å². The molecule has 1 heterocycles. The molecule has 0 saturated carbocycles. The lowest BCUT2D eigenvalue weighted by molar-refractivity contribution is -0.137. The fourth-order valence-electron chi connectivity index (χ4n) is 1.81. The minimum atomic E-state index is -4.54. The van der Waals surface area contributed by atoms with Crippen LogP contribution in [0, 0.1) is 11.3 Å². The van der Waals surface area contributed by atoms with E-state index >= 15 is 0 Å². The molecule has 2 N–H and O–H groups in total. The van der Waals surface area contributed by atoms with Crippen LogP contribution in [0.3, 0.4) is 0 Å². The first-order valence-corrected chi connectivity index (χ1v) is 7.59. The number of rotatable bonds is 2. The second-order valence-corrected chi connectivity index (χ2v) is 5.93. The van der Waals surface area contributed by atoms with Crippen molar-refractivity contribution in [2.24, 2.45) is 0 Å². The molecule has 0 fully saturated rings. The summed E-state index contributed by atoms with van der Waals surface area (Å²) in [6.45, 7) is 0. The highest BCUT2D eigenvalue weighted by atomic mass is 35.5. The number of hydrogen-bond donors (Lipinski definition) is 1. The number of nitrogen functional groups attached to an aromatic ring is 1. The molecule has 22 heavy (non-hydrogen) atoms. The first-order valence-electron chi connectivity index (χ1n) is 5.66. The van der Waals surface area contributed by atoms with Crippen LogP contribution in [0.5, 0.6) is 0 Å². The molecule has 0 aliphatic rings. The van der Waals surface area contributed by atoms with Crippen molar-refractivity contribution >= 4 is 28.2 Å². The Morgan fingerprint density at radius 3 is 2.50 bits per heavy atom. The molecule has 2 aromatic rings. The molecular weight excluding hydrogens is 341 g/mol. The van der Waals surface area contributed by atoms with Gasteiger partial charge in [0.05, 0.1) is 27.1 Å². The molecule has 0 spiro atoms. The van der Waals surface area contributed by atoms with Crippen LogP contribution in [0.15, 0.2) is 23.1 Å². The average Bonchev–Trinajstić information content (AvgIpc) is 2.74. The van der Waals surface area contributed by atoms with E-state index in [1.165, 1.54) is 6.26 Å². The minimum absolute atomic E-state index is 0.0125. The third-order valence-corrected chi connectivity index (χ3v) is 4.05. The largest absolute Gasteiger partial charge is 0.416 e. The van der Waals surface area contributed by atoms with Gasteiger partial charge in [0.2, 0.25) is 0 Å². The number of nitrogens with two attached hydrogens (primary N) is 1. The summed E-state index contributed by atoms with van der Waals surface area (Å²) in [5.41, 5.74) is 4.74. The van der Waals surface area contributed by atoms with Gasteiger partial charge >= 0.3 is 6.18 Å². The molecular formula is C12H8ClF3N4OS. The van der Waals surface area contributed by atoms with Crippen LogP contribution < -0.4 is 5.73 Å². The molecule has 0 radical (unpaired) electrons. The molecule has 1 aromatic carbocycles. The lowest BCUT2D eigenvalue weighted by Gasteiger charge is -2.11. The summed E-state index contributed by atoms with van der Waals surface area (Å²) in [4.78, 5) is 0.0125. The molecule has 0 aliphatic heterocycles. The molecule has 2 rings (SSSR count). The summed E-state index contributed by atoms with van der Waals surface area (Å²) in [6.07, 6.45) is -3.22. The van der Waals surface area contributed by atoms with Crippen molar-refractivity contribution < 1.29 is 17.4 Å². The highest BCUT2D eigenvalue weighted by Gasteiger charge is 2.31. The van der Waals surface area contributed by atoms with E-state index in [-0.39, 0.29) is 27.1 Å². The van der Waals surface area contributed by atoms with Crippen molar-refractivity contribution in [3.63, 3.8) is 0 Å². The van der Waals surface area contributed by atoms with Gasteiger partial charge in [-0.15, -0.1) is 0 Å². The quantitative estimate of drug-likeness (QED) is 0.904. The standard InChI is InChI=1S/C12H8ClF3N4OS/c1-22(21)10-8(5-17)19-20(11(10)18)9-3-2-6(4-7(9)13)12(14,15)16/h2-4H,18H2,1H3. The zero-order chi connectivity index (χ0) is 16.7. The molecule has 1 aromatic heterocycles. The Morgan fingerprint density at radius 2 is 2.09 bits per heavy atom. The van der Waals surface area contributed by atoms with Gasteiger partial charge in [-0.2, -0.15) is 23.5 Å². The molecule has 0 aliphatic carbocycles. The van der Waals surface area contributed by atoms with E-state index in [1.807, 2.05) is 0 Å². The van der Waals surface area contributed by atoms with Gasteiger partial charge in [0.15, 0.2) is 5.69 Å². The SMILES string of the molecule is CS(=O)c1c(C#N)nn(-c2ccc(C(F)(F)F)cc2Cl)c1N. The van der Waals surface area contributed by atoms with Gasteiger partial charge in [-0.05, 0) is 18.2 Å². The number of nitrogens with zero attached hydrogens (tertiary/aromatic N) is 3. The van der Waals surface area contributed by atoms with Crippen molar-refractivity contribution in [3.8, 4) is 11.8 Å². The van der Waals surface area contributed by atoms with Crippen molar-refractivity contribution in [1.29, 1.82) is 5.26 Å². The topological polar surface area (TPSA) is 84.7 Å². The molecule has 5 nitrogen and oxygen atoms in total. The number of benzene rings is 1. The predicted molar refractivity (Wildman–Crippen MR) is 75.0 cm³/mol. The van der Waals surface area contributed by atoms with Crippen LogP contribution in [0.4, 0.5) is 19.0 Å². The molecule has 0 amide bonds. The van der Waals surface area contributed by atoms with Crippen LogP contribution >= 0.6 is 11.6 Å². The Bertz CT molecular complexity index is 810. The Balaban J connectivity index is 2.64. The second kappa shape index (κ2) is 5.62. The summed E-state index contributed by atoms with van der Waals surface area (Å²) in [5.74, 6) is -0.112. The summed E-state index contributed by atoms with van der Waals surface area (Å²) < 4.78 is 50.5. The molecule has 1 atom stereocenters. The van der Waals surface area contributed by atoms with E-state index < -0.39 is 22.5 Å². The Kier molecular flexibility index (Phi) is 4.17. The average molecular weight is 349 g/mol. The Morgan fingerprint density at radius 1 is 1.45 bits per heavy atom. The zero-order valence-electron chi connectivity index (χ0n) is 11.0. The summed E-state index contributed by atoms with van der Waals surface area (Å²) in [6, 6.07) is 4.36. The van der Waals surface area contributed by atoms with E-state index in [0.717, 1.165) is 22.9 Å². The Labute approximate surface area is 130 Å². The van der Waals surface area contributed by atoms with E-state index in [4.69, 9.17) is 22.6 Å². The van der Waals surface area contributed by atoms with Gasteiger partial charge in [-0.25, -0.2) is 4.68 Å². The van der Waals surface area contributed by atoms with Crippen LogP contribution in [-0.2, 0) is 17.0 Å². The highest BCUT2D eigenvalue weighted by molar-refractivity contribution is 7.84. The van der Waals surface area contributed by atoms with E-state index in [0.29, 0.717) is 0 Å². The number of nitriles is 1. The van der Waals surface area contributed by atoms with Crippen molar-refractivity contribution in [3.05, 3.63) is 34.5 Å². The van der Waals surface area contributed by atoms with Crippen LogP contribution in [0.1, 0.15) is 11.3 Å². The maximum atomic E-state index is 12.6. The minimum Gasteiger partial charge on any atom is -0.383 e. The zero-order valence-corrected chi connectivity index (χ0v) is 12.6. The fraction of sp³-hybridized carbons (Fsp3) is 0.167. The molecule has 1 unspecified atom stereocenters. The monoisotopic (exact) mass is 348 g/mol. The summed E-state index contributed by atoms with van der Waals surface area (Å²) in [7, 11) is -1.58. The number of hydrogen-bond acceptors (Lipinski definition) is 4. The fourth-order valence-corrected chi connectivity index (χ4v) is 2.81. The molecule has 116 valence electrons. The Hall–Kier alpha value is -2.05. The molecule has 10 heteroatoms. The number of aromatic nitrogens is 2. The van der Waals surface area contributed by atoms with Crippen molar-refractivity contribution in [1.82, 2.24) is 9.78 Å². The van der Waals surface area contributed by atoms with Gasteiger partial charge < -0.3 is 5.73 Å². The maximum absolute atomic E-state index is 12.6. The number of halogens is 4. The lowest BCUT2D eigenvalue weighted by atomic mass is 10.2. The van der Waals surface area contributed by atoms with Gasteiger partial charge in [0.1, 0.15) is 16.8 Å². The predicted octanol–water partition coefficient (Wildman–Crippen LogP) is 2.74. The van der Waals surface area contributed by atoms with Crippen LogP contribution in [0.2, 0.25) is 5.02 Å². The first kappa shape index (κ1) is 16.3. The van der Waals surface area contributed by atoms with Crippen LogP contribution in [-0.4, -0.2) is 20.2 Å². The van der Waals surface area contributed by atoms with E-state index in [9.17, 15) is 17.4 Å². The first-order chi connectivity index (χ1) is 10.2. The maximum Gasteiger partial charge on any atom is 0.416 e. The second-order valence-electron chi connectivity index (χ2n) is 4.20. The van der Waals surface area contributed by atoms with E-state index in [2.05, 4.69) is 5.10 Å². The molecule has 0 bridgehead atoms. The van der Waals surface area contributed by atoms with E-state index in [1.54, 1.807) is 6.07 Å². The summed E-state index contributed by atoms with van der Waals surface area (Å²) in [5, 5.41) is 12.6. The third-order valence-electron chi connectivity index (χ3n) is 2.77. The smallest absolute Gasteiger partial charge is 0.383 e. The van der Waals surface area contributed by atoms with Crippen molar-refractivity contribution in [2.75, 3.05) is 12.0 Å². The van der Waals surface area contributed by atoms with Crippen molar-refractivity contribution in [2.45, 2.75) is 11.1 Å². The normalized spacial score (nSPS) is 12.9. The highest BCUT2D eigenvalue weighted by Crippen LogP contribution is 2.34. The lowest BCUT2D eigenvalue weighted by Crippen LogP contribution is -2.08. The summed E-state index contributed by atoms with van der Waals surface area (Å²) >= 11 is 5.85. The number of anilines is 1. The van der Waals surface area contributed by atoms with Gasteiger partial charge in [-0.1, -0.05) is 11.6 Å².